The Hall–Kier alpha value is 7.19. The van der Waals surface area contributed by atoms with E-state index in [2.05, 4.69) is 0 Å². The molecule has 0 fully saturated rings. The van der Waals surface area contributed by atoms with Crippen LogP contribution in [0.25, 0.3) is 0 Å². The molecule has 16 radical (unpaired) electrons. The van der Waals surface area contributed by atoms with Gasteiger partial charge in [-0.2, -0.15) is 0 Å². The van der Waals surface area contributed by atoms with Gasteiger partial charge in [-0.3, -0.25) is 0 Å². The van der Waals surface area contributed by atoms with E-state index < -0.39 is 0 Å². The quantitative estimate of drug-likeness (QED) is 0.222. The van der Waals surface area contributed by atoms with Gasteiger partial charge in [-0.25, -0.2) is 0 Å². The van der Waals surface area contributed by atoms with E-state index >= 15 is 0 Å². The molecule has 0 atom stereocenters. The monoisotopic (exact) mass is 1080 g/mol. The molecule has 0 nitrogen and oxygen atoms in total. The molecule has 9 heteroatoms. The van der Waals surface area contributed by atoms with Gasteiger partial charge in [0.05, 0.1) is 0 Å². The van der Waals surface area contributed by atoms with Crippen LogP contribution in [0.1, 0.15) is 0 Å². The van der Waals surface area contributed by atoms with E-state index in [0.717, 1.165) is 0 Å². The standard InChI is InChI=1S/9Sn/q8*+2;+4. The molecule has 0 aliphatic rings. The maximum atomic E-state index is 0. The molecule has 0 unspecified atom stereocenters. The molecule has 0 saturated heterocycles. The van der Waals surface area contributed by atoms with E-state index in [0.29, 0.717) is 0 Å². The van der Waals surface area contributed by atoms with Crippen LogP contribution in [0, 0.1) is 0 Å². The van der Waals surface area contributed by atoms with E-state index in [1.165, 1.54) is 0 Å². The van der Waals surface area contributed by atoms with Crippen molar-refractivity contribution < 1.29 is 0 Å². The van der Waals surface area contributed by atoms with Crippen LogP contribution in [0.3, 0.4) is 0 Å². The summed E-state index contributed by atoms with van der Waals surface area (Å²) in [6, 6.07) is 0. The molecular weight excluding hydrogens is 1070 g/mol. The summed E-state index contributed by atoms with van der Waals surface area (Å²) >= 11 is 0. The van der Waals surface area contributed by atoms with Gasteiger partial charge in [0.2, 0.25) is 0 Å². The van der Waals surface area contributed by atoms with Crippen LogP contribution in [0.2, 0.25) is 0 Å². The molecule has 0 heterocycles. The van der Waals surface area contributed by atoms with Gasteiger partial charge < -0.3 is 0 Å². The van der Waals surface area contributed by atoms with Crippen molar-refractivity contribution in [2.24, 2.45) is 0 Å². The third-order valence-electron chi connectivity index (χ3n) is 0. The average Bonchev–Trinajstić information content (AvgIpc) is 0. The summed E-state index contributed by atoms with van der Waals surface area (Å²) in [7, 11) is 0. The molecule has 0 aliphatic carbocycles. The van der Waals surface area contributed by atoms with Crippen LogP contribution in [-0.4, -0.2) is 215 Å². The van der Waals surface area contributed by atoms with Crippen molar-refractivity contribution in [2.45, 2.75) is 0 Å². The molecule has 0 aromatic rings. The summed E-state index contributed by atoms with van der Waals surface area (Å²) in [5, 5.41) is 0. The first-order chi connectivity index (χ1) is 0. The fraction of sp³-hybridized carbons (Fsp3) is 0. The maximum absolute atomic E-state index is 0. The summed E-state index contributed by atoms with van der Waals surface area (Å²) in [4.78, 5) is 0. The molecule has 0 rings (SSSR count). The van der Waals surface area contributed by atoms with E-state index in [1.54, 1.807) is 0 Å². The van der Waals surface area contributed by atoms with Gasteiger partial charge in [-0.1, -0.05) is 0 Å². The normalized spacial score (nSPS) is 0. The van der Waals surface area contributed by atoms with Crippen molar-refractivity contribution >= 4 is 215 Å². The number of hydrogen-bond donors (Lipinski definition) is 0. The largest absolute Gasteiger partial charge is 4.00 e. The van der Waals surface area contributed by atoms with Crippen LogP contribution < -0.4 is 0 Å². The zero-order chi connectivity index (χ0) is 0. The summed E-state index contributed by atoms with van der Waals surface area (Å²) in [5.41, 5.74) is 0. The van der Waals surface area contributed by atoms with E-state index in [-0.39, 0.29) is 215 Å². The Morgan fingerprint density at radius 1 is 0.222 bits per heavy atom. The Labute approximate surface area is 209 Å². The molecule has 9 heavy (non-hydrogen) atoms. The second-order valence-corrected chi connectivity index (χ2v) is 0. The SMILES string of the molecule is [Sn+2].[Sn+2].[Sn+2].[Sn+2].[Sn+2].[Sn+2].[Sn+2].[Sn+2].[Sn+4]. The Kier molecular flexibility index (Phi) is 475. The third kappa shape index (κ3) is 51.1. The first kappa shape index (κ1) is 72.3. The molecule has 0 bridgehead atoms. The number of rotatable bonds is 0. The smallest absolute Gasteiger partial charge is 2.00 e. The van der Waals surface area contributed by atoms with Crippen LogP contribution in [0.4, 0.5) is 0 Å². The fourth-order valence-electron chi connectivity index (χ4n) is 0. The molecule has 0 aliphatic heterocycles. The van der Waals surface area contributed by atoms with Crippen molar-refractivity contribution in [3.05, 3.63) is 0 Å². The Morgan fingerprint density at radius 3 is 0.222 bits per heavy atom. The predicted molar refractivity (Wildman–Crippen MR) is 51.8 cm³/mol. The minimum atomic E-state index is 0. The first-order valence-electron chi connectivity index (χ1n) is 0. The van der Waals surface area contributed by atoms with Gasteiger partial charge in [-0.15, -0.1) is 0 Å². The van der Waals surface area contributed by atoms with E-state index in [1.807, 2.05) is 0 Å². The van der Waals surface area contributed by atoms with Gasteiger partial charge in [-0.05, 0) is 0 Å². The van der Waals surface area contributed by atoms with Crippen LogP contribution in [0.5, 0.6) is 0 Å². The molecule has 0 aromatic carbocycles. The van der Waals surface area contributed by atoms with Crippen molar-refractivity contribution in [3.63, 3.8) is 0 Å². The molecule has 0 saturated carbocycles. The molecule has 0 aromatic heterocycles. The van der Waals surface area contributed by atoms with Gasteiger partial charge in [0.15, 0.2) is 0 Å². The second kappa shape index (κ2) is 59.2. The van der Waals surface area contributed by atoms with Crippen LogP contribution in [-0.2, 0) is 0 Å². The summed E-state index contributed by atoms with van der Waals surface area (Å²) in [6.07, 6.45) is 0. The Bertz CT molecular complexity index is 0. The number of hydrogen-bond acceptors (Lipinski definition) is 0. The van der Waals surface area contributed by atoms with Gasteiger partial charge in [0.25, 0.3) is 0 Å². The molecule has 0 spiro atoms. The zero-order valence-electron chi connectivity index (χ0n) is 4.50. The average molecular weight is 1070 g/mol. The second-order valence-electron chi connectivity index (χ2n) is 0. The van der Waals surface area contributed by atoms with Crippen molar-refractivity contribution in [3.8, 4) is 0 Å². The van der Waals surface area contributed by atoms with Gasteiger partial charge in [0, 0.05) is 0 Å². The van der Waals surface area contributed by atoms with E-state index in [4.69, 9.17) is 0 Å². The zero-order valence-corrected chi connectivity index (χ0v) is 30.2. The predicted octanol–water partition coefficient (Wildman–Crippen LogP) is -3.43. The summed E-state index contributed by atoms with van der Waals surface area (Å²) < 4.78 is 0. The molecular formula is Sn9+20. The van der Waals surface area contributed by atoms with Gasteiger partial charge >= 0.3 is 215 Å². The van der Waals surface area contributed by atoms with Gasteiger partial charge in [0.1, 0.15) is 0 Å². The topological polar surface area (TPSA) is 0 Å². The Balaban J connectivity index is 0. The van der Waals surface area contributed by atoms with Crippen molar-refractivity contribution in [1.82, 2.24) is 0 Å². The van der Waals surface area contributed by atoms with E-state index in [9.17, 15) is 0 Å². The maximum Gasteiger partial charge on any atom is 4.00 e. The molecule has 0 N–H and O–H groups in total. The van der Waals surface area contributed by atoms with Crippen LogP contribution in [0.15, 0.2) is 0 Å². The molecule has 16 valence electrons. The summed E-state index contributed by atoms with van der Waals surface area (Å²) in [6.45, 7) is 0. The molecule has 0 amide bonds. The van der Waals surface area contributed by atoms with Crippen LogP contribution >= 0.6 is 0 Å². The van der Waals surface area contributed by atoms with Crippen molar-refractivity contribution in [2.75, 3.05) is 0 Å². The Morgan fingerprint density at radius 2 is 0.222 bits per heavy atom. The summed E-state index contributed by atoms with van der Waals surface area (Å²) in [5.74, 6) is 0. The fourth-order valence-corrected chi connectivity index (χ4v) is 0. The first-order valence-corrected chi connectivity index (χ1v) is 0. The minimum Gasteiger partial charge on any atom is 2.00 e. The van der Waals surface area contributed by atoms with Crippen molar-refractivity contribution in [1.29, 1.82) is 0 Å². The third-order valence-corrected chi connectivity index (χ3v) is 0. The minimum absolute atomic E-state index is 0.